The number of unbranched alkanes of at least 4 members (excludes halogenated alkanes) is 2. The third-order valence-electron chi connectivity index (χ3n) is 4.36. The van der Waals surface area contributed by atoms with E-state index in [1.54, 1.807) is 0 Å². The predicted molar refractivity (Wildman–Crippen MR) is 117 cm³/mol. The first kappa shape index (κ1) is 20.6. The molecule has 0 bridgehead atoms. The van der Waals surface area contributed by atoms with E-state index in [2.05, 4.69) is 27.5 Å². The van der Waals surface area contributed by atoms with E-state index in [1.165, 1.54) is 5.56 Å². The molecule has 152 valence electrons. The molecule has 0 radical (unpaired) electrons. The molecule has 6 heteroatoms. The van der Waals surface area contributed by atoms with Gasteiger partial charge in [-0.2, -0.15) is 4.98 Å². The Morgan fingerprint density at radius 3 is 2.24 bits per heavy atom. The maximum absolute atomic E-state index is 8.84. The summed E-state index contributed by atoms with van der Waals surface area (Å²) in [7, 11) is 0. The Labute approximate surface area is 172 Å². The molecule has 0 amide bonds. The summed E-state index contributed by atoms with van der Waals surface area (Å²) < 4.78 is 5.87. The van der Waals surface area contributed by atoms with Crippen molar-refractivity contribution in [2.75, 3.05) is 23.8 Å². The first-order valence-electron chi connectivity index (χ1n) is 9.94. The fraction of sp³-hybridized carbons (Fsp3) is 0.304. The van der Waals surface area contributed by atoms with Crippen LogP contribution in [0, 0.1) is 13.8 Å². The summed E-state index contributed by atoms with van der Waals surface area (Å²) in [4.78, 5) is 8.96. The van der Waals surface area contributed by atoms with Gasteiger partial charge in [0.2, 0.25) is 5.95 Å². The number of anilines is 3. The SMILES string of the molecule is Cc1ccc(Oc2ccc(Nc3cc(C)nc(NCCCCCO)n3)cc2)cc1. The van der Waals surface area contributed by atoms with Crippen LogP contribution in [0.1, 0.15) is 30.5 Å². The number of nitrogens with one attached hydrogen (secondary N) is 2. The molecule has 0 spiro atoms. The Kier molecular flexibility index (Phi) is 7.41. The molecule has 3 aromatic rings. The Balaban J connectivity index is 1.58. The van der Waals surface area contributed by atoms with Crippen LogP contribution >= 0.6 is 0 Å². The van der Waals surface area contributed by atoms with Crippen molar-refractivity contribution in [1.29, 1.82) is 0 Å². The number of nitrogens with zero attached hydrogens (tertiary/aromatic N) is 2. The fourth-order valence-electron chi connectivity index (χ4n) is 2.82. The van der Waals surface area contributed by atoms with Crippen LogP contribution in [0.2, 0.25) is 0 Å². The summed E-state index contributed by atoms with van der Waals surface area (Å²) in [6.45, 7) is 5.03. The highest BCUT2D eigenvalue weighted by atomic mass is 16.5. The average molecular weight is 393 g/mol. The average Bonchev–Trinajstić information content (AvgIpc) is 2.71. The number of hydrogen-bond acceptors (Lipinski definition) is 6. The maximum atomic E-state index is 8.84. The van der Waals surface area contributed by atoms with Gasteiger partial charge in [0.1, 0.15) is 17.3 Å². The molecule has 0 saturated heterocycles. The van der Waals surface area contributed by atoms with Crippen LogP contribution in [0.25, 0.3) is 0 Å². The van der Waals surface area contributed by atoms with Crippen LogP contribution < -0.4 is 15.4 Å². The van der Waals surface area contributed by atoms with Crippen molar-refractivity contribution < 1.29 is 9.84 Å². The molecule has 0 saturated carbocycles. The number of aliphatic hydroxyl groups excluding tert-OH is 1. The molecule has 2 aromatic carbocycles. The van der Waals surface area contributed by atoms with E-state index in [1.807, 2.05) is 61.5 Å². The molecule has 3 rings (SSSR count). The van der Waals surface area contributed by atoms with Crippen molar-refractivity contribution in [2.45, 2.75) is 33.1 Å². The van der Waals surface area contributed by atoms with Gasteiger partial charge >= 0.3 is 0 Å². The number of ether oxygens (including phenoxy) is 1. The molecule has 1 heterocycles. The normalized spacial score (nSPS) is 10.6. The van der Waals surface area contributed by atoms with Gasteiger partial charge in [0.15, 0.2) is 0 Å². The molecule has 3 N–H and O–H groups in total. The van der Waals surface area contributed by atoms with Crippen LogP contribution in [0.5, 0.6) is 11.5 Å². The highest BCUT2D eigenvalue weighted by molar-refractivity contribution is 5.58. The lowest BCUT2D eigenvalue weighted by molar-refractivity contribution is 0.283. The highest BCUT2D eigenvalue weighted by Gasteiger charge is 2.04. The Morgan fingerprint density at radius 2 is 1.55 bits per heavy atom. The van der Waals surface area contributed by atoms with E-state index < -0.39 is 0 Å². The zero-order valence-corrected chi connectivity index (χ0v) is 17.0. The van der Waals surface area contributed by atoms with Gasteiger partial charge in [-0.05, 0) is 69.5 Å². The van der Waals surface area contributed by atoms with Gasteiger partial charge in [-0.3, -0.25) is 0 Å². The van der Waals surface area contributed by atoms with Crippen LogP contribution in [-0.4, -0.2) is 28.2 Å². The second-order valence-corrected chi connectivity index (χ2v) is 6.99. The van der Waals surface area contributed by atoms with Gasteiger partial charge < -0.3 is 20.5 Å². The van der Waals surface area contributed by atoms with Crippen LogP contribution in [0.3, 0.4) is 0 Å². The summed E-state index contributed by atoms with van der Waals surface area (Å²) in [5, 5.41) is 15.4. The summed E-state index contributed by atoms with van der Waals surface area (Å²) in [5.74, 6) is 2.94. The van der Waals surface area contributed by atoms with Crippen molar-refractivity contribution >= 4 is 17.5 Å². The van der Waals surface area contributed by atoms with E-state index in [9.17, 15) is 0 Å². The van der Waals surface area contributed by atoms with Gasteiger partial charge in [0.05, 0.1) is 0 Å². The molecule has 0 aliphatic carbocycles. The summed E-state index contributed by atoms with van der Waals surface area (Å²) >= 11 is 0. The molecule has 0 atom stereocenters. The maximum Gasteiger partial charge on any atom is 0.224 e. The molecule has 1 aromatic heterocycles. The highest BCUT2D eigenvalue weighted by Crippen LogP contribution is 2.24. The first-order valence-corrected chi connectivity index (χ1v) is 9.94. The van der Waals surface area contributed by atoms with Crippen LogP contribution in [0.15, 0.2) is 54.6 Å². The van der Waals surface area contributed by atoms with Gasteiger partial charge in [-0.25, -0.2) is 4.98 Å². The van der Waals surface area contributed by atoms with E-state index in [0.717, 1.165) is 54.5 Å². The van der Waals surface area contributed by atoms with Crippen LogP contribution in [-0.2, 0) is 0 Å². The van der Waals surface area contributed by atoms with Gasteiger partial charge in [-0.1, -0.05) is 17.7 Å². The molecule has 0 unspecified atom stereocenters. The van der Waals surface area contributed by atoms with Crippen molar-refractivity contribution in [1.82, 2.24) is 9.97 Å². The predicted octanol–water partition coefficient (Wildman–Crippen LogP) is 5.20. The number of benzene rings is 2. The molecular formula is C23H28N4O2. The third kappa shape index (κ3) is 6.76. The number of hydrogen-bond donors (Lipinski definition) is 3. The minimum Gasteiger partial charge on any atom is -0.457 e. The molecule has 29 heavy (non-hydrogen) atoms. The Hall–Kier alpha value is -3.12. The minimum atomic E-state index is 0.240. The largest absolute Gasteiger partial charge is 0.457 e. The van der Waals surface area contributed by atoms with Crippen molar-refractivity contribution in [3.63, 3.8) is 0 Å². The van der Waals surface area contributed by atoms with E-state index in [4.69, 9.17) is 9.84 Å². The lowest BCUT2D eigenvalue weighted by Crippen LogP contribution is -2.08. The molecule has 0 aliphatic heterocycles. The smallest absolute Gasteiger partial charge is 0.224 e. The standard InChI is InChI=1S/C23H28N4O2/c1-17-6-10-20(11-7-17)29-21-12-8-19(9-13-21)26-22-16-18(2)25-23(27-22)24-14-4-3-5-15-28/h6-13,16,28H,3-5,14-15H2,1-2H3,(H2,24,25,26,27). The van der Waals surface area contributed by atoms with Gasteiger partial charge in [0.25, 0.3) is 0 Å². The molecule has 0 aliphatic rings. The summed E-state index contributed by atoms with van der Waals surface area (Å²) in [5.41, 5.74) is 3.02. The first-order chi connectivity index (χ1) is 14.1. The second kappa shape index (κ2) is 10.4. The van der Waals surface area contributed by atoms with E-state index in [0.29, 0.717) is 5.95 Å². The van der Waals surface area contributed by atoms with Gasteiger partial charge in [-0.15, -0.1) is 0 Å². The molecular weight excluding hydrogens is 364 g/mol. The van der Waals surface area contributed by atoms with E-state index >= 15 is 0 Å². The van der Waals surface area contributed by atoms with Crippen molar-refractivity contribution in [3.05, 3.63) is 65.9 Å². The number of aryl methyl sites for hydroxylation is 2. The summed E-state index contributed by atoms with van der Waals surface area (Å²) in [6.07, 6.45) is 2.79. The third-order valence-corrected chi connectivity index (χ3v) is 4.36. The van der Waals surface area contributed by atoms with Crippen molar-refractivity contribution in [3.8, 4) is 11.5 Å². The Morgan fingerprint density at radius 1 is 0.862 bits per heavy atom. The van der Waals surface area contributed by atoms with Crippen molar-refractivity contribution in [2.24, 2.45) is 0 Å². The molecule has 6 nitrogen and oxygen atoms in total. The fourth-order valence-corrected chi connectivity index (χ4v) is 2.82. The van der Waals surface area contributed by atoms with E-state index in [-0.39, 0.29) is 6.61 Å². The quantitative estimate of drug-likeness (QED) is 0.411. The topological polar surface area (TPSA) is 79.3 Å². The number of rotatable bonds is 10. The number of aliphatic hydroxyl groups is 1. The zero-order chi connectivity index (χ0) is 20.5. The number of aromatic nitrogens is 2. The zero-order valence-electron chi connectivity index (χ0n) is 17.0. The summed E-state index contributed by atoms with van der Waals surface area (Å²) in [6, 6.07) is 17.7. The molecule has 0 fully saturated rings. The lowest BCUT2D eigenvalue weighted by atomic mass is 10.2. The Bertz CT molecular complexity index is 896. The van der Waals surface area contributed by atoms with Crippen LogP contribution in [0.4, 0.5) is 17.5 Å². The monoisotopic (exact) mass is 392 g/mol. The lowest BCUT2D eigenvalue weighted by Gasteiger charge is -2.11. The second-order valence-electron chi connectivity index (χ2n) is 6.99. The van der Waals surface area contributed by atoms with Gasteiger partial charge in [0, 0.05) is 30.6 Å². The minimum absolute atomic E-state index is 0.240.